The molecular formula is C13H11ClFN5. The molecule has 0 saturated carbocycles. The van der Waals surface area contributed by atoms with Gasteiger partial charge in [0.1, 0.15) is 0 Å². The minimum absolute atomic E-state index is 0.111. The zero-order valence-electron chi connectivity index (χ0n) is 10.3. The van der Waals surface area contributed by atoms with E-state index in [1.54, 1.807) is 24.3 Å². The lowest BCUT2D eigenvalue weighted by atomic mass is 10.1. The summed E-state index contributed by atoms with van der Waals surface area (Å²) in [7, 11) is 0. The van der Waals surface area contributed by atoms with Crippen molar-refractivity contribution < 1.29 is 4.39 Å². The Bertz CT molecular complexity index is 663. The van der Waals surface area contributed by atoms with Gasteiger partial charge in [0, 0.05) is 11.8 Å². The van der Waals surface area contributed by atoms with E-state index >= 15 is 0 Å². The molecule has 102 valence electrons. The maximum Gasteiger partial charge on any atom is 0.211 e. The molecular weight excluding hydrogens is 281 g/mol. The molecule has 0 unspecified atom stereocenters. The lowest BCUT2D eigenvalue weighted by Gasteiger charge is -2.02. The third-order valence-electron chi connectivity index (χ3n) is 2.42. The Morgan fingerprint density at radius 2 is 1.90 bits per heavy atom. The summed E-state index contributed by atoms with van der Waals surface area (Å²) in [6, 6.07) is 8.54. The first-order valence-electron chi connectivity index (χ1n) is 5.59. The highest BCUT2D eigenvalue weighted by molar-refractivity contribution is 6.29. The highest BCUT2D eigenvalue weighted by Gasteiger charge is 2.04. The van der Waals surface area contributed by atoms with Crippen LogP contribution in [-0.2, 0) is 0 Å². The quantitative estimate of drug-likeness (QED) is 0.393. The van der Waals surface area contributed by atoms with E-state index in [9.17, 15) is 4.39 Å². The molecule has 0 atom stereocenters. The van der Waals surface area contributed by atoms with Gasteiger partial charge in [0.2, 0.25) is 5.96 Å². The fourth-order valence-electron chi connectivity index (χ4n) is 1.50. The minimum Gasteiger partial charge on any atom is -0.369 e. The van der Waals surface area contributed by atoms with Gasteiger partial charge in [-0.25, -0.2) is 9.37 Å². The summed E-state index contributed by atoms with van der Waals surface area (Å²) >= 11 is 5.54. The molecule has 0 aliphatic rings. The van der Waals surface area contributed by atoms with Crippen LogP contribution in [0.25, 0.3) is 11.1 Å². The summed E-state index contributed by atoms with van der Waals surface area (Å²) in [5.41, 5.74) is 12.5. The van der Waals surface area contributed by atoms with Crippen molar-refractivity contribution in [1.29, 1.82) is 0 Å². The molecule has 0 bridgehead atoms. The Labute approximate surface area is 119 Å². The fourth-order valence-corrected chi connectivity index (χ4v) is 1.61. The molecule has 0 spiro atoms. The van der Waals surface area contributed by atoms with Crippen molar-refractivity contribution in [2.75, 3.05) is 0 Å². The smallest absolute Gasteiger partial charge is 0.211 e. The van der Waals surface area contributed by atoms with Crippen LogP contribution in [-0.4, -0.2) is 17.2 Å². The number of rotatable bonds is 3. The van der Waals surface area contributed by atoms with Crippen LogP contribution in [0.5, 0.6) is 0 Å². The Morgan fingerprint density at radius 3 is 2.50 bits per heavy atom. The number of guanidine groups is 1. The molecule has 0 amide bonds. The van der Waals surface area contributed by atoms with Gasteiger partial charge in [-0.1, -0.05) is 35.9 Å². The Morgan fingerprint density at radius 1 is 1.20 bits per heavy atom. The highest BCUT2D eigenvalue weighted by Crippen LogP contribution is 2.22. The number of nitrogens with zero attached hydrogens (tertiary/aromatic N) is 3. The van der Waals surface area contributed by atoms with Crippen molar-refractivity contribution in [1.82, 2.24) is 4.98 Å². The Balaban J connectivity index is 2.21. The molecule has 5 nitrogen and oxygen atoms in total. The summed E-state index contributed by atoms with van der Waals surface area (Å²) in [5.74, 6) is -0.664. The first-order chi connectivity index (χ1) is 9.56. The van der Waals surface area contributed by atoms with Crippen LogP contribution in [0, 0.1) is 5.82 Å². The lowest BCUT2D eigenvalue weighted by molar-refractivity contribution is 0.622. The number of benzene rings is 1. The zero-order chi connectivity index (χ0) is 14.5. The van der Waals surface area contributed by atoms with E-state index in [0.717, 1.165) is 11.1 Å². The predicted octanol–water partition coefficient (Wildman–Crippen LogP) is 2.15. The van der Waals surface area contributed by atoms with E-state index in [-0.39, 0.29) is 11.1 Å². The van der Waals surface area contributed by atoms with Crippen molar-refractivity contribution in [3.8, 4) is 11.1 Å². The first kappa shape index (κ1) is 14.0. The van der Waals surface area contributed by atoms with Crippen molar-refractivity contribution in [3.05, 3.63) is 53.1 Å². The Kier molecular flexibility index (Phi) is 4.27. The van der Waals surface area contributed by atoms with Gasteiger partial charge in [-0.2, -0.15) is 5.10 Å². The maximum absolute atomic E-state index is 13.3. The largest absolute Gasteiger partial charge is 0.369 e. The second-order valence-electron chi connectivity index (χ2n) is 3.89. The van der Waals surface area contributed by atoms with Crippen LogP contribution in [0.4, 0.5) is 4.39 Å². The van der Waals surface area contributed by atoms with Crippen LogP contribution >= 0.6 is 11.6 Å². The zero-order valence-corrected chi connectivity index (χ0v) is 11.0. The van der Waals surface area contributed by atoms with Gasteiger partial charge < -0.3 is 11.5 Å². The first-order valence-corrected chi connectivity index (χ1v) is 5.97. The highest BCUT2D eigenvalue weighted by atomic mass is 35.5. The van der Waals surface area contributed by atoms with Crippen molar-refractivity contribution in [3.63, 3.8) is 0 Å². The van der Waals surface area contributed by atoms with Crippen LogP contribution in [0.3, 0.4) is 0 Å². The molecule has 0 saturated heterocycles. The third kappa shape index (κ3) is 3.52. The lowest BCUT2D eigenvalue weighted by Crippen LogP contribution is -2.21. The summed E-state index contributed by atoms with van der Waals surface area (Å²) in [6.07, 6.45) is 3.01. The molecule has 0 aliphatic carbocycles. The number of aromatic nitrogens is 1. The van der Waals surface area contributed by atoms with Crippen LogP contribution in [0.2, 0.25) is 5.15 Å². The number of nitrogens with two attached hydrogens (primary N) is 2. The van der Waals surface area contributed by atoms with E-state index in [1.165, 1.54) is 18.5 Å². The molecule has 1 aromatic heterocycles. The second-order valence-corrected chi connectivity index (χ2v) is 4.25. The van der Waals surface area contributed by atoms with Gasteiger partial charge in [0.05, 0.1) is 6.21 Å². The fraction of sp³-hybridized carbons (Fsp3) is 0. The van der Waals surface area contributed by atoms with Gasteiger partial charge in [-0.15, -0.1) is 5.10 Å². The molecule has 2 rings (SSSR count). The van der Waals surface area contributed by atoms with E-state index in [4.69, 9.17) is 23.1 Å². The van der Waals surface area contributed by atoms with E-state index in [1.807, 2.05) is 0 Å². The van der Waals surface area contributed by atoms with Gasteiger partial charge in [-0.3, -0.25) is 0 Å². The number of hydrogen-bond acceptors (Lipinski definition) is 3. The molecule has 2 aromatic rings. The van der Waals surface area contributed by atoms with Crippen molar-refractivity contribution in [2.45, 2.75) is 0 Å². The molecule has 1 heterocycles. The average Bonchev–Trinajstić information content (AvgIpc) is 2.42. The van der Waals surface area contributed by atoms with Gasteiger partial charge in [-0.05, 0) is 17.2 Å². The van der Waals surface area contributed by atoms with Gasteiger partial charge >= 0.3 is 0 Å². The standard InChI is InChI=1S/C13H11ClFN5/c14-12-11(15)5-10(7-18-12)9-3-1-8(2-4-9)6-19-20-13(16)17/h1-7H,(H4,16,17,20). The normalized spacial score (nSPS) is 10.7. The van der Waals surface area contributed by atoms with Crippen LogP contribution < -0.4 is 11.5 Å². The molecule has 4 N–H and O–H groups in total. The molecule has 0 radical (unpaired) electrons. The molecule has 7 heteroatoms. The Hall–Kier alpha value is -2.47. The predicted molar refractivity (Wildman–Crippen MR) is 78.0 cm³/mol. The average molecular weight is 292 g/mol. The van der Waals surface area contributed by atoms with Gasteiger partial charge in [0.15, 0.2) is 11.0 Å². The molecule has 20 heavy (non-hydrogen) atoms. The van der Waals surface area contributed by atoms with E-state index < -0.39 is 5.82 Å². The summed E-state index contributed by atoms with van der Waals surface area (Å²) in [6.45, 7) is 0. The van der Waals surface area contributed by atoms with Crippen LogP contribution in [0.15, 0.2) is 46.7 Å². The van der Waals surface area contributed by atoms with E-state index in [0.29, 0.717) is 5.56 Å². The third-order valence-corrected chi connectivity index (χ3v) is 2.70. The van der Waals surface area contributed by atoms with Gasteiger partial charge in [0.25, 0.3) is 0 Å². The molecule has 0 aliphatic heterocycles. The van der Waals surface area contributed by atoms with Crippen molar-refractivity contribution in [2.24, 2.45) is 21.7 Å². The monoisotopic (exact) mass is 291 g/mol. The SMILES string of the molecule is NC(N)=NN=Cc1ccc(-c2cnc(Cl)c(F)c2)cc1. The van der Waals surface area contributed by atoms with Crippen molar-refractivity contribution >= 4 is 23.8 Å². The maximum atomic E-state index is 13.3. The topological polar surface area (TPSA) is 89.7 Å². The summed E-state index contributed by atoms with van der Waals surface area (Å²) in [5, 5.41) is 7.04. The minimum atomic E-state index is -0.553. The number of halogens is 2. The number of hydrogen-bond donors (Lipinski definition) is 2. The van der Waals surface area contributed by atoms with Crippen LogP contribution in [0.1, 0.15) is 5.56 Å². The summed E-state index contributed by atoms with van der Waals surface area (Å²) in [4.78, 5) is 3.77. The molecule has 1 aromatic carbocycles. The van der Waals surface area contributed by atoms with E-state index in [2.05, 4.69) is 15.2 Å². The summed E-state index contributed by atoms with van der Waals surface area (Å²) < 4.78 is 13.3. The second kappa shape index (κ2) is 6.12. The number of pyridine rings is 1. The molecule has 0 fully saturated rings.